The summed E-state index contributed by atoms with van der Waals surface area (Å²) in [6, 6.07) is 6.34. The van der Waals surface area contributed by atoms with Crippen molar-refractivity contribution in [1.82, 2.24) is 9.80 Å². The molecule has 19 heavy (non-hydrogen) atoms. The molecule has 0 aliphatic carbocycles. The van der Waals surface area contributed by atoms with Gasteiger partial charge in [-0.1, -0.05) is 18.2 Å². The number of Topliss-reactive ketones (excluding diaryl/α,β-unsaturated/α-hetero) is 1. The SMILES string of the molecule is Cc1cccc(C(=O)CC2CN(C)CCN2C)c1C. The van der Waals surface area contributed by atoms with E-state index >= 15 is 0 Å². The first-order valence-electron chi connectivity index (χ1n) is 6.97. The Morgan fingerprint density at radius 1 is 1.26 bits per heavy atom. The monoisotopic (exact) mass is 260 g/mol. The molecule has 1 saturated heterocycles. The lowest BCUT2D eigenvalue weighted by atomic mass is 9.95. The van der Waals surface area contributed by atoms with E-state index in [1.54, 1.807) is 0 Å². The van der Waals surface area contributed by atoms with Gasteiger partial charge in [0.2, 0.25) is 0 Å². The average molecular weight is 260 g/mol. The third-order valence-electron chi connectivity index (χ3n) is 4.31. The molecule has 1 aromatic rings. The van der Waals surface area contributed by atoms with E-state index in [0.717, 1.165) is 30.8 Å². The summed E-state index contributed by atoms with van der Waals surface area (Å²) < 4.78 is 0. The molecule has 1 aliphatic rings. The van der Waals surface area contributed by atoms with Crippen LogP contribution < -0.4 is 0 Å². The molecule has 1 heterocycles. The maximum Gasteiger partial charge on any atom is 0.164 e. The maximum absolute atomic E-state index is 12.5. The van der Waals surface area contributed by atoms with Gasteiger partial charge in [0, 0.05) is 37.7 Å². The number of aryl methyl sites for hydroxylation is 1. The van der Waals surface area contributed by atoms with Crippen LogP contribution >= 0.6 is 0 Å². The van der Waals surface area contributed by atoms with Crippen molar-refractivity contribution in [2.75, 3.05) is 33.7 Å². The molecule has 1 aliphatic heterocycles. The number of hydrogen-bond acceptors (Lipinski definition) is 3. The van der Waals surface area contributed by atoms with Gasteiger partial charge in [-0.25, -0.2) is 0 Å². The van der Waals surface area contributed by atoms with E-state index in [-0.39, 0.29) is 5.78 Å². The van der Waals surface area contributed by atoms with E-state index in [2.05, 4.69) is 36.9 Å². The van der Waals surface area contributed by atoms with Gasteiger partial charge in [-0.15, -0.1) is 0 Å². The lowest BCUT2D eigenvalue weighted by Gasteiger charge is -2.37. The molecule has 0 saturated carbocycles. The summed E-state index contributed by atoms with van der Waals surface area (Å²) in [6.45, 7) is 7.21. The molecular formula is C16H24N2O. The van der Waals surface area contributed by atoms with Gasteiger partial charge in [0.05, 0.1) is 0 Å². The summed E-state index contributed by atoms with van der Waals surface area (Å²) in [5.74, 6) is 0.272. The van der Waals surface area contributed by atoms with Crippen LogP contribution in [-0.2, 0) is 0 Å². The van der Waals surface area contributed by atoms with Crippen LogP contribution in [0.3, 0.4) is 0 Å². The Morgan fingerprint density at radius 3 is 2.74 bits per heavy atom. The highest BCUT2D eigenvalue weighted by atomic mass is 16.1. The predicted molar refractivity (Wildman–Crippen MR) is 78.8 cm³/mol. The molecule has 0 radical (unpaired) electrons. The standard InChI is InChI=1S/C16H24N2O/c1-12-6-5-7-15(13(12)2)16(19)10-14-11-17(3)8-9-18(14)4/h5-7,14H,8-11H2,1-4H3. The number of carbonyl (C=O) groups excluding carboxylic acids is 1. The normalized spacial score (nSPS) is 21.6. The van der Waals surface area contributed by atoms with Gasteiger partial charge in [-0.05, 0) is 39.1 Å². The molecule has 2 rings (SSSR count). The van der Waals surface area contributed by atoms with Gasteiger partial charge < -0.3 is 9.80 Å². The van der Waals surface area contributed by atoms with Gasteiger partial charge in [0.15, 0.2) is 5.78 Å². The van der Waals surface area contributed by atoms with Crippen molar-refractivity contribution in [2.24, 2.45) is 0 Å². The third-order valence-corrected chi connectivity index (χ3v) is 4.31. The van der Waals surface area contributed by atoms with Gasteiger partial charge in [0.25, 0.3) is 0 Å². The van der Waals surface area contributed by atoms with E-state index in [1.807, 2.05) is 19.1 Å². The zero-order valence-electron chi connectivity index (χ0n) is 12.4. The molecule has 0 amide bonds. The second kappa shape index (κ2) is 5.85. The van der Waals surface area contributed by atoms with Gasteiger partial charge in [0.1, 0.15) is 0 Å². The smallest absolute Gasteiger partial charge is 0.164 e. The highest BCUT2D eigenvalue weighted by Crippen LogP contribution is 2.18. The molecule has 1 unspecified atom stereocenters. The van der Waals surface area contributed by atoms with Crippen molar-refractivity contribution in [2.45, 2.75) is 26.3 Å². The quantitative estimate of drug-likeness (QED) is 0.778. The molecule has 3 heteroatoms. The Morgan fingerprint density at radius 2 is 2.00 bits per heavy atom. The van der Waals surface area contributed by atoms with E-state index in [9.17, 15) is 4.79 Å². The first-order valence-corrected chi connectivity index (χ1v) is 6.97. The number of nitrogens with zero attached hydrogens (tertiary/aromatic N) is 2. The van der Waals surface area contributed by atoms with Crippen LogP contribution in [0, 0.1) is 13.8 Å². The summed E-state index contributed by atoms with van der Waals surface area (Å²) in [7, 11) is 4.25. The topological polar surface area (TPSA) is 23.6 Å². The van der Waals surface area contributed by atoms with Crippen molar-refractivity contribution in [3.05, 3.63) is 34.9 Å². The Balaban J connectivity index is 2.10. The molecular weight excluding hydrogens is 236 g/mol. The molecule has 3 nitrogen and oxygen atoms in total. The fraction of sp³-hybridized carbons (Fsp3) is 0.562. The summed E-state index contributed by atoms with van der Waals surface area (Å²) in [4.78, 5) is 17.1. The molecule has 1 fully saturated rings. The Hall–Kier alpha value is -1.19. The third kappa shape index (κ3) is 3.23. The minimum absolute atomic E-state index is 0.272. The zero-order chi connectivity index (χ0) is 14.0. The fourth-order valence-electron chi connectivity index (χ4n) is 2.70. The first kappa shape index (κ1) is 14.2. The number of likely N-dealkylation sites (N-methyl/N-ethyl adjacent to an activating group) is 2. The molecule has 1 atom stereocenters. The second-order valence-corrected chi connectivity index (χ2v) is 5.77. The molecule has 0 aromatic heterocycles. The summed E-state index contributed by atoms with van der Waals surface area (Å²) in [5.41, 5.74) is 3.21. The summed E-state index contributed by atoms with van der Waals surface area (Å²) in [6.07, 6.45) is 0.616. The van der Waals surface area contributed by atoms with Crippen molar-refractivity contribution < 1.29 is 4.79 Å². The van der Waals surface area contributed by atoms with Gasteiger partial charge in [-0.3, -0.25) is 4.79 Å². The van der Waals surface area contributed by atoms with Crippen molar-refractivity contribution in [3.63, 3.8) is 0 Å². The van der Waals surface area contributed by atoms with Gasteiger partial charge in [-0.2, -0.15) is 0 Å². The van der Waals surface area contributed by atoms with Crippen molar-refractivity contribution in [1.29, 1.82) is 0 Å². The minimum atomic E-state index is 0.272. The van der Waals surface area contributed by atoms with E-state index < -0.39 is 0 Å². The highest BCUT2D eigenvalue weighted by Gasteiger charge is 2.25. The molecule has 1 aromatic carbocycles. The Labute approximate surface area is 116 Å². The summed E-state index contributed by atoms with van der Waals surface area (Å²) >= 11 is 0. The van der Waals surface area contributed by atoms with Crippen LogP contribution in [0.5, 0.6) is 0 Å². The van der Waals surface area contributed by atoms with Crippen LogP contribution in [0.1, 0.15) is 27.9 Å². The molecule has 0 bridgehead atoms. The number of rotatable bonds is 3. The van der Waals surface area contributed by atoms with Crippen molar-refractivity contribution in [3.8, 4) is 0 Å². The lowest BCUT2D eigenvalue weighted by Crippen LogP contribution is -2.50. The first-order chi connectivity index (χ1) is 8.99. The summed E-state index contributed by atoms with van der Waals surface area (Å²) in [5, 5.41) is 0. The number of carbonyl (C=O) groups is 1. The van der Waals surface area contributed by atoms with Gasteiger partial charge >= 0.3 is 0 Å². The predicted octanol–water partition coefficient (Wildman–Crippen LogP) is 2.12. The molecule has 104 valence electrons. The van der Waals surface area contributed by atoms with E-state index in [1.165, 1.54) is 5.56 Å². The Kier molecular flexibility index (Phi) is 4.38. The van der Waals surface area contributed by atoms with Crippen LogP contribution in [-0.4, -0.2) is 55.4 Å². The lowest BCUT2D eigenvalue weighted by molar-refractivity contribution is 0.0809. The van der Waals surface area contributed by atoms with E-state index in [0.29, 0.717) is 12.5 Å². The number of benzene rings is 1. The van der Waals surface area contributed by atoms with Crippen LogP contribution in [0.4, 0.5) is 0 Å². The fourth-order valence-corrected chi connectivity index (χ4v) is 2.70. The van der Waals surface area contributed by atoms with Crippen LogP contribution in [0.25, 0.3) is 0 Å². The number of ketones is 1. The van der Waals surface area contributed by atoms with Crippen LogP contribution in [0.2, 0.25) is 0 Å². The average Bonchev–Trinajstić information content (AvgIpc) is 2.37. The second-order valence-electron chi connectivity index (χ2n) is 5.77. The number of hydrogen-bond donors (Lipinski definition) is 0. The van der Waals surface area contributed by atoms with Crippen LogP contribution in [0.15, 0.2) is 18.2 Å². The van der Waals surface area contributed by atoms with E-state index in [4.69, 9.17) is 0 Å². The zero-order valence-corrected chi connectivity index (χ0v) is 12.4. The van der Waals surface area contributed by atoms with Crippen molar-refractivity contribution >= 4 is 5.78 Å². The Bertz CT molecular complexity index is 470. The largest absolute Gasteiger partial charge is 0.304 e. The molecule has 0 spiro atoms. The molecule has 0 N–H and O–H groups in total. The minimum Gasteiger partial charge on any atom is -0.304 e. The highest BCUT2D eigenvalue weighted by molar-refractivity contribution is 5.98. The maximum atomic E-state index is 12.5. The number of piperazine rings is 1.